The molecule has 3 aliphatic heterocycles. The van der Waals surface area contributed by atoms with Crippen molar-refractivity contribution in [2.24, 2.45) is 5.92 Å². The highest BCUT2D eigenvalue weighted by Gasteiger charge is 2.67. The van der Waals surface area contributed by atoms with E-state index in [4.69, 9.17) is 9.47 Å². The van der Waals surface area contributed by atoms with E-state index in [1.165, 1.54) is 47.9 Å². The first-order valence-corrected chi connectivity index (χ1v) is 20.5. The summed E-state index contributed by atoms with van der Waals surface area (Å²) in [5.41, 5.74) is 0.588. The molecule has 3 aromatic carbocycles. The van der Waals surface area contributed by atoms with Gasteiger partial charge in [-0.1, -0.05) is 43.3 Å². The zero-order valence-electron chi connectivity index (χ0n) is 29.9. The summed E-state index contributed by atoms with van der Waals surface area (Å²) < 4.78 is 29.9. The molecule has 4 aromatic rings. The minimum absolute atomic E-state index is 0.0180. The number of methoxy groups -OCH3 is 1. The number of non-ortho nitro benzene ring substituents is 1. The van der Waals surface area contributed by atoms with E-state index >= 15 is 4.11 Å². The average molecular weight is 741 g/mol. The first kappa shape index (κ1) is 36.2. The molecule has 1 saturated heterocycles. The van der Waals surface area contributed by atoms with Gasteiger partial charge in [-0.15, -0.1) is 0 Å². The number of benzene rings is 3. The molecule has 12 nitrogen and oxygen atoms in total. The smallest absolute Gasteiger partial charge is 0.297 e. The Bertz CT molecular complexity index is 2170. The van der Waals surface area contributed by atoms with Crippen molar-refractivity contribution in [2.45, 2.75) is 69.2 Å². The maximum absolute atomic E-state index is 16.5. The predicted octanol–water partition coefficient (Wildman–Crippen LogP) is 5.41. The third-order valence-electron chi connectivity index (χ3n) is 11.1. The minimum atomic E-state index is -3.68. The van der Waals surface area contributed by atoms with Crippen LogP contribution in [0.4, 0.5) is 15.5 Å². The van der Waals surface area contributed by atoms with Gasteiger partial charge in [0.05, 0.1) is 49.4 Å². The molecule has 2 amide bonds. The molecule has 1 N–H and O–H groups in total. The molecule has 0 unspecified atom stereocenters. The second-order valence-electron chi connectivity index (χ2n) is 14.6. The van der Waals surface area contributed by atoms with E-state index in [9.17, 15) is 29.6 Å². The number of carbonyl (C=O) groups excluding carboxylic acids is 2. The highest BCUT2D eigenvalue weighted by Crippen LogP contribution is 2.60. The highest BCUT2D eigenvalue weighted by atomic mass is 28.4. The molecule has 14 heteroatoms. The van der Waals surface area contributed by atoms with Crippen molar-refractivity contribution >= 4 is 31.6 Å². The second-order valence-corrected chi connectivity index (χ2v) is 18.4. The van der Waals surface area contributed by atoms with Crippen molar-refractivity contribution in [3.63, 3.8) is 0 Å². The Morgan fingerprint density at radius 2 is 1.83 bits per heavy atom. The number of nitrogens with zero attached hydrogens (tertiary/aromatic N) is 4. The maximum atomic E-state index is 16.5. The van der Waals surface area contributed by atoms with Crippen LogP contribution in [0.1, 0.15) is 35.6 Å². The summed E-state index contributed by atoms with van der Waals surface area (Å²) in [6, 6.07) is 21.7. The summed E-state index contributed by atoms with van der Waals surface area (Å²) in [6.45, 7) is 4.83. The van der Waals surface area contributed by atoms with Crippen molar-refractivity contribution in [3.05, 3.63) is 128 Å². The third-order valence-corrected chi connectivity index (χ3v) is 13.5. The van der Waals surface area contributed by atoms with Gasteiger partial charge in [0.15, 0.2) is 11.4 Å². The van der Waals surface area contributed by atoms with Crippen molar-refractivity contribution < 1.29 is 33.2 Å². The topological polar surface area (TPSA) is 144 Å². The largest absolute Gasteiger partial charge is 0.491 e. The Morgan fingerprint density at radius 3 is 2.53 bits per heavy atom. The highest BCUT2D eigenvalue weighted by molar-refractivity contribution is 6.72. The second kappa shape index (κ2) is 13.7. The van der Waals surface area contributed by atoms with Crippen LogP contribution in [-0.4, -0.2) is 65.6 Å². The number of aromatic nitrogens is 1. The average Bonchev–Trinajstić information content (AvgIpc) is 3.56. The Kier molecular flexibility index (Phi) is 9.33. The fourth-order valence-electron chi connectivity index (χ4n) is 8.66. The molecule has 0 aliphatic carbocycles. The van der Waals surface area contributed by atoms with Crippen LogP contribution in [0.3, 0.4) is 0 Å². The molecule has 1 fully saturated rings. The third kappa shape index (κ3) is 6.13. The Balaban J connectivity index is 1.26. The van der Waals surface area contributed by atoms with Crippen LogP contribution in [0.5, 0.6) is 5.75 Å². The molecular weight excluding hydrogens is 700 g/mol. The van der Waals surface area contributed by atoms with E-state index in [0.29, 0.717) is 23.4 Å². The minimum Gasteiger partial charge on any atom is -0.491 e. The zero-order valence-corrected chi connectivity index (χ0v) is 30.9. The van der Waals surface area contributed by atoms with E-state index in [0.717, 1.165) is 11.1 Å². The zero-order chi connectivity index (χ0) is 37.8. The number of hydrogen-bond donors (Lipinski definition) is 1. The van der Waals surface area contributed by atoms with Crippen LogP contribution in [0.2, 0.25) is 18.6 Å². The summed E-state index contributed by atoms with van der Waals surface area (Å²) >= 11 is 0. The van der Waals surface area contributed by atoms with Gasteiger partial charge in [-0.25, -0.2) is 0 Å². The summed E-state index contributed by atoms with van der Waals surface area (Å²) in [4.78, 5) is 56.7. The molecule has 1 spiro atoms. The van der Waals surface area contributed by atoms with Gasteiger partial charge >= 0.3 is 0 Å². The molecular formula is C39H41FN4O8Si. The molecule has 0 bridgehead atoms. The number of halogens is 1. The number of pyridine rings is 1. The number of nitro benzene ring substituents is 1. The van der Waals surface area contributed by atoms with E-state index in [2.05, 4.69) is 0 Å². The molecule has 53 heavy (non-hydrogen) atoms. The van der Waals surface area contributed by atoms with Crippen LogP contribution < -0.4 is 15.2 Å². The van der Waals surface area contributed by atoms with Crippen molar-refractivity contribution in [3.8, 4) is 11.4 Å². The number of aliphatic hydroxyl groups excluding tert-OH is 1. The molecule has 1 aromatic heterocycles. The van der Waals surface area contributed by atoms with Gasteiger partial charge in [0, 0.05) is 47.6 Å². The number of fused-ring (bicyclic) bond motifs is 3. The number of hydrogen-bond acceptors (Lipinski definition) is 8. The van der Waals surface area contributed by atoms with E-state index < -0.39 is 48.4 Å². The Morgan fingerprint density at radius 1 is 1.08 bits per heavy atom. The summed E-state index contributed by atoms with van der Waals surface area (Å²) in [6.07, 6.45) is 0.831. The molecule has 4 heterocycles. The van der Waals surface area contributed by atoms with Gasteiger partial charge in [-0.3, -0.25) is 29.1 Å². The van der Waals surface area contributed by atoms with Crippen molar-refractivity contribution in [1.29, 1.82) is 0 Å². The fourth-order valence-corrected chi connectivity index (χ4v) is 11.2. The number of ether oxygens (including phenoxy) is 2. The van der Waals surface area contributed by atoms with Crippen LogP contribution in [0.25, 0.3) is 5.69 Å². The monoisotopic (exact) mass is 740 g/mol. The maximum Gasteiger partial charge on any atom is 0.297 e. The normalized spacial score (nSPS) is 23.6. The van der Waals surface area contributed by atoms with Gasteiger partial charge in [0.2, 0.25) is 14.3 Å². The number of anilines is 1. The lowest BCUT2D eigenvalue weighted by Gasteiger charge is -2.37. The van der Waals surface area contributed by atoms with Crippen molar-refractivity contribution in [2.75, 3.05) is 18.6 Å². The van der Waals surface area contributed by atoms with Gasteiger partial charge in [0.1, 0.15) is 0 Å². The van der Waals surface area contributed by atoms with E-state index in [-0.39, 0.29) is 54.6 Å². The summed E-state index contributed by atoms with van der Waals surface area (Å²) in [5.74, 6) is -1.47. The fraction of sp³-hybridized carbons (Fsp3) is 0.359. The van der Waals surface area contributed by atoms with Crippen LogP contribution in [0, 0.1) is 16.0 Å². The number of carbonyl (C=O) groups is 2. The SMILES string of the molecule is COc1cccn(-c2cccc(CN3C(=O)[C@@]4(O[C@@H](CC(=O)N5Cc6ccccc6C[C@H]5CO)[C@H]([Si](C)(C)F)[C@H]4C)c4cc([N+](=O)[O-])ccc43)c2)c1=O. The van der Waals surface area contributed by atoms with Crippen LogP contribution in [0.15, 0.2) is 89.9 Å². The summed E-state index contributed by atoms with van der Waals surface area (Å²) in [7, 11) is -2.26. The van der Waals surface area contributed by atoms with Crippen LogP contribution in [-0.2, 0) is 39.4 Å². The molecule has 5 atom stereocenters. The quantitative estimate of drug-likeness (QED) is 0.104. The number of nitro groups is 1. The Labute approximate surface area is 306 Å². The molecule has 276 valence electrons. The number of amides is 2. The van der Waals surface area contributed by atoms with E-state index in [1.807, 2.05) is 24.3 Å². The first-order valence-electron chi connectivity index (χ1n) is 17.6. The van der Waals surface area contributed by atoms with E-state index in [1.54, 1.807) is 54.4 Å². The Hall–Kier alpha value is -5.18. The first-order chi connectivity index (χ1) is 25.3. The lowest BCUT2D eigenvalue weighted by Crippen LogP contribution is -2.48. The van der Waals surface area contributed by atoms with Gasteiger partial charge < -0.3 is 28.5 Å². The van der Waals surface area contributed by atoms with Crippen molar-refractivity contribution in [1.82, 2.24) is 9.47 Å². The van der Waals surface area contributed by atoms with Gasteiger partial charge in [-0.2, -0.15) is 0 Å². The lowest BCUT2D eigenvalue weighted by atomic mass is 9.82. The lowest BCUT2D eigenvalue weighted by molar-refractivity contribution is -0.385. The summed E-state index contributed by atoms with van der Waals surface area (Å²) in [5, 5.41) is 22.3. The molecule has 0 saturated carbocycles. The number of rotatable bonds is 9. The standard InChI is InChI=1S/C39H41FN4O8Si/c1-24-36(53(3,4)40)34(20-35(46)42-22-27-11-6-5-10-26(27)18-30(42)23-45)52-39(24)31-19-29(44(49)50)14-15-32(31)43(38(39)48)21-25-9-7-12-28(17-25)41-16-8-13-33(51-2)37(41)47/h5-17,19,24,30,34,36,45H,18,20-23H2,1-4H3/t24-,30+,34+,36-,39+/m1/s1. The van der Waals surface area contributed by atoms with Gasteiger partial charge in [0.25, 0.3) is 17.2 Å². The molecule has 0 radical (unpaired) electrons. The van der Waals surface area contributed by atoms with Gasteiger partial charge in [-0.05, 0) is 66.5 Å². The molecule has 3 aliphatic rings. The predicted molar refractivity (Wildman–Crippen MR) is 197 cm³/mol. The molecule has 7 rings (SSSR count). The van der Waals surface area contributed by atoms with Crippen LogP contribution >= 0.6 is 0 Å². The number of aliphatic hydroxyl groups is 1.